The Kier molecular flexibility index (Phi) is 15.9. The molecule has 0 saturated carbocycles. The normalized spacial score (nSPS) is 11.2. The molecular formula is C32H47NO4. The average Bonchev–Trinajstić information content (AvgIpc) is 2.92. The first-order valence-electron chi connectivity index (χ1n) is 14.3. The molecule has 0 atom stereocenters. The third kappa shape index (κ3) is 13.3. The molecule has 1 N–H and O–H groups in total. The van der Waals surface area contributed by atoms with Crippen LogP contribution in [0.25, 0.3) is 0 Å². The average molecular weight is 510 g/mol. The number of phenolic OH excluding ortho intramolecular Hbond substituents is 1. The number of aromatic hydroxyl groups is 1. The van der Waals surface area contributed by atoms with Crippen molar-refractivity contribution in [3.63, 3.8) is 0 Å². The Morgan fingerprint density at radius 1 is 0.784 bits per heavy atom. The van der Waals surface area contributed by atoms with Crippen LogP contribution >= 0.6 is 0 Å². The molecule has 0 heterocycles. The van der Waals surface area contributed by atoms with Crippen LogP contribution in [0.15, 0.2) is 47.5 Å². The maximum Gasteiger partial charge on any atom is 0.338 e. The molecule has 5 heteroatoms. The van der Waals surface area contributed by atoms with E-state index in [1.807, 2.05) is 24.3 Å². The molecule has 2 aromatic carbocycles. The van der Waals surface area contributed by atoms with Crippen molar-refractivity contribution in [1.29, 1.82) is 0 Å². The van der Waals surface area contributed by atoms with E-state index in [9.17, 15) is 9.90 Å². The molecule has 0 aromatic heterocycles. The fraction of sp³-hybridized carbons (Fsp3) is 0.562. The Morgan fingerprint density at radius 2 is 1.32 bits per heavy atom. The van der Waals surface area contributed by atoms with Crippen molar-refractivity contribution >= 4 is 17.9 Å². The summed E-state index contributed by atoms with van der Waals surface area (Å²) >= 11 is 0. The second kappa shape index (κ2) is 19.3. The Hall–Kier alpha value is -2.82. The Bertz CT molecular complexity index is 908. The van der Waals surface area contributed by atoms with E-state index >= 15 is 0 Å². The summed E-state index contributed by atoms with van der Waals surface area (Å²) < 4.78 is 10.5. The summed E-state index contributed by atoms with van der Waals surface area (Å²) in [7, 11) is 1.61. The van der Waals surface area contributed by atoms with Crippen LogP contribution < -0.4 is 4.74 Å². The number of rotatable bonds is 20. The second-order valence-electron chi connectivity index (χ2n) is 9.82. The highest BCUT2D eigenvalue weighted by atomic mass is 16.5. The van der Waals surface area contributed by atoms with Gasteiger partial charge in [0, 0.05) is 11.8 Å². The summed E-state index contributed by atoms with van der Waals surface area (Å²) in [6.07, 6.45) is 21.2. The summed E-state index contributed by atoms with van der Waals surface area (Å²) in [4.78, 5) is 16.7. The number of unbranched alkanes of at least 4 members (excludes halogenated alkanes) is 14. The van der Waals surface area contributed by atoms with Gasteiger partial charge in [0.2, 0.25) is 0 Å². The number of methoxy groups -OCH3 is 1. The first-order chi connectivity index (χ1) is 18.1. The van der Waals surface area contributed by atoms with Gasteiger partial charge in [0.1, 0.15) is 11.5 Å². The van der Waals surface area contributed by atoms with E-state index in [4.69, 9.17) is 9.47 Å². The lowest BCUT2D eigenvalue weighted by Crippen LogP contribution is -2.06. The van der Waals surface area contributed by atoms with Crippen LogP contribution in [0, 0.1) is 0 Å². The van der Waals surface area contributed by atoms with Gasteiger partial charge in [-0.3, -0.25) is 4.99 Å². The van der Waals surface area contributed by atoms with E-state index < -0.39 is 5.97 Å². The highest BCUT2D eigenvalue weighted by molar-refractivity contribution is 5.92. The van der Waals surface area contributed by atoms with Gasteiger partial charge in [-0.25, -0.2) is 4.79 Å². The number of benzene rings is 2. The van der Waals surface area contributed by atoms with Crippen molar-refractivity contribution in [3.8, 4) is 11.5 Å². The summed E-state index contributed by atoms with van der Waals surface area (Å²) in [6, 6.07) is 12.1. The molecule has 37 heavy (non-hydrogen) atoms. The van der Waals surface area contributed by atoms with Gasteiger partial charge in [-0.15, -0.1) is 0 Å². The van der Waals surface area contributed by atoms with Crippen molar-refractivity contribution in [2.75, 3.05) is 13.7 Å². The summed E-state index contributed by atoms with van der Waals surface area (Å²) in [5.41, 5.74) is 1.63. The van der Waals surface area contributed by atoms with Crippen LogP contribution in [-0.2, 0) is 4.74 Å². The van der Waals surface area contributed by atoms with Crippen molar-refractivity contribution in [2.45, 2.75) is 103 Å². The molecule has 2 aromatic rings. The quantitative estimate of drug-likeness (QED) is 0.110. The number of hydrogen-bond donors (Lipinski definition) is 1. The van der Waals surface area contributed by atoms with Crippen LogP contribution in [0.5, 0.6) is 11.5 Å². The largest absolute Gasteiger partial charge is 0.507 e. The van der Waals surface area contributed by atoms with E-state index in [-0.39, 0.29) is 5.75 Å². The van der Waals surface area contributed by atoms with Crippen LogP contribution in [-0.4, -0.2) is 31.0 Å². The van der Waals surface area contributed by atoms with Gasteiger partial charge >= 0.3 is 5.97 Å². The first kappa shape index (κ1) is 30.4. The Labute approximate surface area is 224 Å². The monoisotopic (exact) mass is 509 g/mol. The van der Waals surface area contributed by atoms with Crippen molar-refractivity contribution in [3.05, 3.63) is 53.6 Å². The highest BCUT2D eigenvalue weighted by Gasteiger charge is 2.10. The third-order valence-corrected chi connectivity index (χ3v) is 6.67. The number of ether oxygens (including phenoxy) is 2. The molecule has 5 nitrogen and oxygen atoms in total. The lowest BCUT2D eigenvalue weighted by atomic mass is 10.0. The van der Waals surface area contributed by atoms with E-state index in [1.165, 1.54) is 89.5 Å². The van der Waals surface area contributed by atoms with Gasteiger partial charge < -0.3 is 14.6 Å². The fourth-order valence-electron chi connectivity index (χ4n) is 4.31. The molecule has 0 radical (unpaired) electrons. The highest BCUT2D eigenvalue weighted by Crippen LogP contribution is 2.21. The molecule has 0 fully saturated rings. The van der Waals surface area contributed by atoms with E-state index in [0.29, 0.717) is 17.7 Å². The van der Waals surface area contributed by atoms with Gasteiger partial charge in [-0.1, -0.05) is 96.8 Å². The number of carbonyl (C=O) groups is 1. The smallest absolute Gasteiger partial charge is 0.338 e. The predicted octanol–water partition coefficient (Wildman–Crippen LogP) is 9.18. The van der Waals surface area contributed by atoms with E-state index in [0.717, 1.165) is 24.3 Å². The lowest BCUT2D eigenvalue weighted by Gasteiger charge is -2.07. The minimum absolute atomic E-state index is 0.00122. The number of phenols is 1. The van der Waals surface area contributed by atoms with Crippen LogP contribution in [0.2, 0.25) is 0 Å². The number of nitrogens with zero attached hydrogens (tertiary/aromatic N) is 1. The predicted molar refractivity (Wildman–Crippen MR) is 154 cm³/mol. The van der Waals surface area contributed by atoms with Crippen molar-refractivity contribution < 1.29 is 19.4 Å². The van der Waals surface area contributed by atoms with Crippen LogP contribution in [0.3, 0.4) is 0 Å². The molecule has 0 bridgehead atoms. The second-order valence-corrected chi connectivity index (χ2v) is 9.82. The summed E-state index contributed by atoms with van der Waals surface area (Å²) in [5, 5.41) is 10.3. The van der Waals surface area contributed by atoms with Gasteiger partial charge in [-0.2, -0.15) is 0 Å². The van der Waals surface area contributed by atoms with Gasteiger partial charge in [0.15, 0.2) is 0 Å². The van der Waals surface area contributed by atoms with Crippen molar-refractivity contribution in [1.82, 2.24) is 0 Å². The zero-order valence-electron chi connectivity index (χ0n) is 23.1. The molecule has 2 rings (SSSR count). The molecule has 0 aliphatic heterocycles. The molecule has 0 aliphatic carbocycles. The topological polar surface area (TPSA) is 68.1 Å². The van der Waals surface area contributed by atoms with Gasteiger partial charge in [0.25, 0.3) is 0 Å². The van der Waals surface area contributed by atoms with Crippen LogP contribution in [0.4, 0.5) is 5.69 Å². The minimum Gasteiger partial charge on any atom is -0.507 e. The zero-order chi connectivity index (χ0) is 26.6. The molecule has 0 unspecified atom stereocenters. The maximum atomic E-state index is 12.3. The van der Waals surface area contributed by atoms with Gasteiger partial charge in [0.05, 0.1) is 25.0 Å². The lowest BCUT2D eigenvalue weighted by molar-refractivity contribution is 0.0497. The number of carbonyl (C=O) groups excluding carboxylic acids is 1. The molecule has 0 amide bonds. The molecule has 204 valence electrons. The molecular weight excluding hydrogens is 462 g/mol. The Morgan fingerprint density at radius 3 is 1.84 bits per heavy atom. The van der Waals surface area contributed by atoms with Gasteiger partial charge in [-0.05, 0) is 48.9 Å². The SMILES string of the molecule is CCCCCCCCCCCCCCCCCOC(=O)c1ccc(C=Nc2ccc(OC)cc2)c(O)c1. The zero-order valence-corrected chi connectivity index (χ0v) is 23.1. The summed E-state index contributed by atoms with van der Waals surface area (Å²) in [5.74, 6) is 0.354. The molecule has 0 spiro atoms. The standard InChI is InChI=1S/C32H47NO4/c1-3-4-5-6-7-8-9-10-11-12-13-14-15-16-17-24-37-32(35)27-18-19-28(31(34)25-27)26-33-29-20-22-30(36-2)23-21-29/h18-23,25-26,34H,3-17,24H2,1-2H3. The Balaban J connectivity index is 1.51. The molecule has 0 saturated heterocycles. The molecule has 0 aliphatic rings. The van der Waals surface area contributed by atoms with E-state index in [1.54, 1.807) is 25.5 Å². The number of hydrogen-bond acceptors (Lipinski definition) is 5. The third-order valence-electron chi connectivity index (χ3n) is 6.67. The van der Waals surface area contributed by atoms with Crippen molar-refractivity contribution in [2.24, 2.45) is 4.99 Å². The first-order valence-corrected chi connectivity index (χ1v) is 14.3. The maximum absolute atomic E-state index is 12.3. The minimum atomic E-state index is -0.403. The fourth-order valence-corrected chi connectivity index (χ4v) is 4.31. The van der Waals surface area contributed by atoms with E-state index in [2.05, 4.69) is 11.9 Å². The number of aliphatic imine (C=N–C) groups is 1. The number of esters is 1. The van der Waals surface area contributed by atoms with Crippen LogP contribution in [0.1, 0.15) is 119 Å². The summed E-state index contributed by atoms with van der Waals surface area (Å²) in [6.45, 7) is 2.69.